The van der Waals surface area contributed by atoms with Gasteiger partial charge in [-0.1, -0.05) is 20.3 Å². The maximum atomic E-state index is 6.19. The SMILES string of the molecule is Cc1nc(CN(C)C2(CN)CC(C)CCC2C)cs1. The summed E-state index contributed by atoms with van der Waals surface area (Å²) in [6.07, 6.45) is 3.84. The van der Waals surface area contributed by atoms with E-state index in [1.54, 1.807) is 11.3 Å². The first-order valence-electron chi connectivity index (χ1n) is 7.30. The van der Waals surface area contributed by atoms with Crippen molar-refractivity contribution in [3.63, 3.8) is 0 Å². The number of thiazole rings is 1. The van der Waals surface area contributed by atoms with Gasteiger partial charge in [-0.05, 0) is 38.6 Å². The predicted octanol–water partition coefficient (Wildman–Crippen LogP) is 3.04. The Bertz CT molecular complexity index is 417. The van der Waals surface area contributed by atoms with E-state index in [-0.39, 0.29) is 5.54 Å². The van der Waals surface area contributed by atoms with Crippen LogP contribution in [0.2, 0.25) is 0 Å². The maximum Gasteiger partial charge on any atom is 0.0897 e. The quantitative estimate of drug-likeness (QED) is 0.922. The van der Waals surface area contributed by atoms with Gasteiger partial charge in [0.25, 0.3) is 0 Å². The Morgan fingerprint density at radius 2 is 2.21 bits per heavy atom. The molecule has 1 fully saturated rings. The molecule has 4 heteroatoms. The molecule has 108 valence electrons. The number of nitrogens with two attached hydrogens (primary N) is 1. The van der Waals surface area contributed by atoms with E-state index in [2.05, 4.69) is 43.1 Å². The van der Waals surface area contributed by atoms with E-state index in [0.29, 0.717) is 5.92 Å². The summed E-state index contributed by atoms with van der Waals surface area (Å²) in [6, 6.07) is 0. The van der Waals surface area contributed by atoms with E-state index in [1.165, 1.54) is 25.0 Å². The second-order valence-electron chi connectivity index (χ2n) is 6.31. The minimum atomic E-state index is 0.148. The standard InChI is InChI=1S/C15H27N3S/c1-11-5-6-12(2)15(7-11,10-16)18(4)8-14-9-19-13(3)17-14/h9,11-12H,5-8,10,16H2,1-4H3. The first kappa shape index (κ1) is 14.9. The summed E-state index contributed by atoms with van der Waals surface area (Å²) in [4.78, 5) is 7.05. The Kier molecular flexibility index (Phi) is 4.64. The molecular weight excluding hydrogens is 254 g/mol. The van der Waals surface area contributed by atoms with E-state index < -0.39 is 0 Å². The lowest BCUT2D eigenvalue weighted by molar-refractivity contribution is 0.00840. The molecule has 1 aromatic rings. The highest BCUT2D eigenvalue weighted by molar-refractivity contribution is 7.09. The van der Waals surface area contributed by atoms with Crippen molar-refractivity contribution in [2.24, 2.45) is 17.6 Å². The smallest absolute Gasteiger partial charge is 0.0897 e. The van der Waals surface area contributed by atoms with Crippen molar-refractivity contribution in [1.29, 1.82) is 0 Å². The number of likely N-dealkylation sites (N-methyl/N-ethyl adjacent to an activating group) is 1. The summed E-state index contributed by atoms with van der Waals surface area (Å²) in [5.74, 6) is 1.44. The summed E-state index contributed by atoms with van der Waals surface area (Å²) >= 11 is 1.73. The molecule has 0 spiro atoms. The highest BCUT2D eigenvalue weighted by atomic mass is 32.1. The lowest BCUT2D eigenvalue weighted by Gasteiger charge is -2.50. The van der Waals surface area contributed by atoms with Crippen LogP contribution in [0.5, 0.6) is 0 Å². The van der Waals surface area contributed by atoms with E-state index >= 15 is 0 Å². The molecule has 0 saturated heterocycles. The van der Waals surface area contributed by atoms with Gasteiger partial charge in [-0.15, -0.1) is 11.3 Å². The molecule has 0 radical (unpaired) electrons. The van der Waals surface area contributed by atoms with Gasteiger partial charge in [-0.2, -0.15) is 0 Å². The van der Waals surface area contributed by atoms with Crippen LogP contribution in [0.3, 0.4) is 0 Å². The van der Waals surface area contributed by atoms with Crippen molar-refractivity contribution in [2.45, 2.75) is 52.1 Å². The number of hydrogen-bond acceptors (Lipinski definition) is 4. The molecule has 3 atom stereocenters. The zero-order valence-corrected chi connectivity index (χ0v) is 13.5. The third-order valence-corrected chi connectivity index (χ3v) is 5.71. The highest BCUT2D eigenvalue weighted by Gasteiger charge is 2.42. The Balaban J connectivity index is 2.15. The Morgan fingerprint density at radius 3 is 2.79 bits per heavy atom. The Morgan fingerprint density at radius 1 is 1.47 bits per heavy atom. The van der Waals surface area contributed by atoms with Crippen LogP contribution in [-0.4, -0.2) is 29.0 Å². The first-order chi connectivity index (χ1) is 8.98. The van der Waals surface area contributed by atoms with Gasteiger partial charge in [-0.25, -0.2) is 4.98 Å². The van der Waals surface area contributed by atoms with Gasteiger partial charge in [0.1, 0.15) is 0 Å². The third kappa shape index (κ3) is 3.01. The number of aromatic nitrogens is 1. The van der Waals surface area contributed by atoms with Gasteiger partial charge in [0.2, 0.25) is 0 Å². The number of hydrogen-bond donors (Lipinski definition) is 1. The maximum absolute atomic E-state index is 6.19. The van der Waals surface area contributed by atoms with Gasteiger partial charge >= 0.3 is 0 Å². The highest BCUT2D eigenvalue weighted by Crippen LogP contribution is 2.40. The minimum absolute atomic E-state index is 0.148. The summed E-state index contributed by atoms with van der Waals surface area (Å²) in [5.41, 5.74) is 7.52. The van der Waals surface area contributed by atoms with Gasteiger partial charge in [0, 0.05) is 24.0 Å². The van der Waals surface area contributed by atoms with Crippen molar-refractivity contribution in [2.75, 3.05) is 13.6 Å². The van der Waals surface area contributed by atoms with Gasteiger partial charge in [-0.3, -0.25) is 4.90 Å². The Hall–Kier alpha value is -0.450. The second-order valence-corrected chi connectivity index (χ2v) is 7.37. The van der Waals surface area contributed by atoms with E-state index in [9.17, 15) is 0 Å². The van der Waals surface area contributed by atoms with E-state index in [1.807, 2.05) is 0 Å². The number of nitrogens with zero attached hydrogens (tertiary/aromatic N) is 2. The van der Waals surface area contributed by atoms with Gasteiger partial charge < -0.3 is 5.73 Å². The zero-order valence-electron chi connectivity index (χ0n) is 12.6. The molecular formula is C15H27N3S. The van der Waals surface area contributed by atoms with Crippen LogP contribution in [0.15, 0.2) is 5.38 Å². The molecule has 0 aliphatic heterocycles. The largest absolute Gasteiger partial charge is 0.329 e. The van der Waals surface area contributed by atoms with Crippen molar-refractivity contribution >= 4 is 11.3 Å². The van der Waals surface area contributed by atoms with E-state index in [4.69, 9.17) is 5.73 Å². The van der Waals surface area contributed by atoms with Gasteiger partial charge in [0.15, 0.2) is 0 Å². The molecule has 0 amide bonds. The lowest BCUT2D eigenvalue weighted by atomic mass is 9.68. The fourth-order valence-corrected chi connectivity index (χ4v) is 4.17. The van der Waals surface area contributed by atoms with Crippen LogP contribution in [0.1, 0.15) is 43.8 Å². The molecule has 1 aromatic heterocycles. The fourth-order valence-electron chi connectivity index (χ4n) is 3.56. The number of aryl methyl sites for hydroxylation is 1. The van der Waals surface area contributed by atoms with Crippen LogP contribution in [-0.2, 0) is 6.54 Å². The average molecular weight is 281 g/mol. The molecule has 0 aromatic carbocycles. The Labute approximate surface area is 121 Å². The fraction of sp³-hybridized carbons (Fsp3) is 0.800. The second kappa shape index (κ2) is 5.90. The van der Waals surface area contributed by atoms with Crippen molar-refractivity contribution in [3.8, 4) is 0 Å². The molecule has 3 unspecified atom stereocenters. The van der Waals surface area contributed by atoms with Gasteiger partial charge in [0.05, 0.1) is 10.7 Å². The molecule has 1 saturated carbocycles. The predicted molar refractivity (Wildman–Crippen MR) is 82.3 cm³/mol. The van der Waals surface area contributed by atoms with Crippen LogP contribution in [0, 0.1) is 18.8 Å². The molecule has 2 N–H and O–H groups in total. The van der Waals surface area contributed by atoms with Crippen LogP contribution >= 0.6 is 11.3 Å². The normalized spacial score (nSPS) is 31.9. The van der Waals surface area contributed by atoms with Crippen molar-refractivity contribution in [3.05, 3.63) is 16.1 Å². The summed E-state index contributed by atoms with van der Waals surface area (Å²) < 4.78 is 0. The monoisotopic (exact) mass is 281 g/mol. The summed E-state index contributed by atoms with van der Waals surface area (Å²) in [7, 11) is 2.22. The summed E-state index contributed by atoms with van der Waals surface area (Å²) in [5, 5.41) is 3.32. The van der Waals surface area contributed by atoms with Crippen LogP contribution in [0.25, 0.3) is 0 Å². The molecule has 1 aliphatic rings. The molecule has 1 aliphatic carbocycles. The topological polar surface area (TPSA) is 42.2 Å². The molecule has 19 heavy (non-hydrogen) atoms. The average Bonchev–Trinajstić information content (AvgIpc) is 2.77. The molecule has 0 bridgehead atoms. The first-order valence-corrected chi connectivity index (χ1v) is 8.18. The van der Waals surface area contributed by atoms with Crippen LogP contribution < -0.4 is 5.73 Å². The molecule has 2 rings (SSSR count). The van der Waals surface area contributed by atoms with Crippen LogP contribution in [0.4, 0.5) is 0 Å². The third-order valence-electron chi connectivity index (χ3n) is 4.89. The molecule has 1 heterocycles. The number of rotatable bonds is 4. The summed E-state index contributed by atoms with van der Waals surface area (Å²) in [6.45, 7) is 8.45. The zero-order chi connectivity index (χ0) is 14.0. The van der Waals surface area contributed by atoms with Crippen molar-refractivity contribution < 1.29 is 0 Å². The molecule has 3 nitrogen and oxygen atoms in total. The van der Waals surface area contributed by atoms with E-state index in [0.717, 1.165) is 24.0 Å². The minimum Gasteiger partial charge on any atom is -0.329 e. The lowest BCUT2D eigenvalue weighted by Crippen LogP contribution is -2.58. The van der Waals surface area contributed by atoms with Crippen molar-refractivity contribution in [1.82, 2.24) is 9.88 Å².